The molecule has 1 aromatic heterocycles. The number of carbonyl (C=O) groups excluding carboxylic acids is 1. The number of nitrogens with zero attached hydrogens (tertiary/aromatic N) is 1. The molecule has 0 unspecified atom stereocenters. The van der Waals surface area contributed by atoms with Gasteiger partial charge in [-0.15, -0.1) is 0 Å². The molecule has 1 heterocycles. The van der Waals surface area contributed by atoms with Gasteiger partial charge in [-0.2, -0.15) is 0 Å². The Morgan fingerprint density at radius 3 is 2.67 bits per heavy atom. The second-order valence-corrected chi connectivity index (χ2v) is 3.53. The number of rotatable bonds is 5. The first-order valence-electron chi connectivity index (χ1n) is 5.28. The van der Waals surface area contributed by atoms with Crippen molar-refractivity contribution in [3.63, 3.8) is 0 Å². The average Bonchev–Trinajstić information content (AvgIpc) is 2.55. The lowest BCUT2D eigenvalue weighted by Crippen LogP contribution is -2.32. The van der Waals surface area contributed by atoms with E-state index in [4.69, 9.17) is 0 Å². The summed E-state index contributed by atoms with van der Waals surface area (Å²) < 4.78 is 1.89. The van der Waals surface area contributed by atoms with Crippen molar-refractivity contribution in [3.05, 3.63) is 23.5 Å². The summed E-state index contributed by atoms with van der Waals surface area (Å²) in [5.74, 6) is -0.0106. The molecule has 4 heteroatoms. The van der Waals surface area contributed by atoms with Crippen LogP contribution in [0.15, 0.2) is 12.1 Å². The first-order chi connectivity index (χ1) is 7.16. The Labute approximate surface area is 90.7 Å². The van der Waals surface area contributed by atoms with Crippen LogP contribution in [0.25, 0.3) is 0 Å². The van der Waals surface area contributed by atoms with Crippen LogP contribution in [0.5, 0.6) is 0 Å². The molecule has 15 heavy (non-hydrogen) atoms. The molecule has 0 aromatic carbocycles. The molecule has 1 rings (SSSR count). The van der Waals surface area contributed by atoms with Crippen LogP contribution in [-0.4, -0.2) is 30.1 Å². The number of nitrogens with one attached hydrogen (secondary N) is 2. The minimum atomic E-state index is -0.0106. The van der Waals surface area contributed by atoms with E-state index in [9.17, 15) is 4.79 Å². The predicted molar refractivity (Wildman–Crippen MR) is 61.0 cm³/mol. The monoisotopic (exact) mass is 209 g/mol. The maximum Gasteiger partial charge on any atom is 0.267 e. The van der Waals surface area contributed by atoms with Crippen LogP contribution in [0.3, 0.4) is 0 Å². The lowest BCUT2D eigenvalue weighted by molar-refractivity contribution is 0.0945. The molecule has 0 fully saturated rings. The van der Waals surface area contributed by atoms with Crippen molar-refractivity contribution in [2.45, 2.75) is 13.8 Å². The van der Waals surface area contributed by atoms with Gasteiger partial charge in [0.15, 0.2) is 0 Å². The number of amides is 1. The normalized spacial score (nSPS) is 10.3. The first kappa shape index (κ1) is 11.8. The van der Waals surface area contributed by atoms with Crippen LogP contribution >= 0.6 is 0 Å². The maximum absolute atomic E-state index is 11.7. The molecule has 0 atom stereocenters. The molecule has 0 saturated carbocycles. The van der Waals surface area contributed by atoms with Crippen molar-refractivity contribution in [1.29, 1.82) is 0 Å². The lowest BCUT2D eigenvalue weighted by Gasteiger charge is -2.07. The number of carbonyl (C=O) groups is 1. The van der Waals surface area contributed by atoms with Gasteiger partial charge in [0.2, 0.25) is 0 Å². The largest absolute Gasteiger partial charge is 0.349 e. The average molecular weight is 209 g/mol. The Bertz CT molecular complexity index is 331. The Morgan fingerprint density at radius 1 is 1.40 bits per heavy atom. The van der Waals surface area contributed by atoms with Gasteiger partial charge in [0.25, 0.3) is 5.91 Å². The Hall–Kier alpha value is -1.29. The van der Waals surface area contributed by atoms with Gasteiger partial charge < -0.3 is 15.2 Å². The number of hydrogen-bond donors (Lipinski definition) is 2. The van der Waals surface area contributed by atoms with E-state index in [1.54, 1.807) is 0 Å². The van der Waals surface area contributed by atoms with Crippen molar-refractivity contribution >= 4 is 5.91 Å². The molecule has 0 aliphatic heterocycles. The zero-order valence-corrected chi connectivity index (χ0v) is 9.63. The van der Waals surface area contributed by atoms with Crippen molar-refractivity contribution < 1.29 is 4.79 Å². The zero-order chi connectivity index (χ0) is 11.3. The summed E-state index contributed by atoms with van der Waals surface area (Å²) in [7, 11) is 1.90. The molecule has 4 nitrogen and oxygen atoms in total. The molecule has 2 N–H and O–H groups in total. The Kier molecular flexibility index (Phi) is 4.37. The van der Waals surface area contributed by atoms with E-state index in [0.29, 0.717) is 12.2 Å². The second kappa shape index (κ2) is 5.56. The van der Waals surface area contributed by atoms with Gasteiger partial charge in [-0.1, -0.05) is 6.92 Å². The fourth-order valence-corrected chi connectivity index (χ4v) is 1.37. The van der Waals surface area contributed by atoms with Crippen molar-refractivity contribution in [3.8, 4) is 0 Å². The molecule has 0 spiro atoms. The third-order valence-electron chi connectivity index (χ3n) is 2.44. The summed E-state index contributed by atoms with van der Waals surface area (Å²) in [6.45, 7) is 6.43. The van der Waals surface area contributed by atoms with Crippen molar-refractivity contribution in [2.75, 3.05) is 19.6 Å². The van der Waals surface area contributed by atoms with Crippen molar-refractivity contribution in [2.24, 2.45) is 7.05 Å². The molecule has 1 aromatic rings. The van der Waals surface area contributed by atoms with Crippen LogP contribution in [0.4, 0.5) is 0 Å². The van der Waals surface area contributed by atoms with Crippen LogP contribution in [-0.2, 0) is 7.05 Å². The fourth-order valence-electron chi connectivity index (χ4n) is 1.37. The number of aryl methyl sites for hydroxylation is 1. The third kappa shape index (κ3) is 3.09. The zero-order valence-electron chi connectivity index (χ0n) is 9.63. The van der Waals surface area contributed by atoms with E-state index in [-0.39, 0.29) is 5.91 Å². The van der Waals surface area contributed by atoms with Gasteiger partial charge >= 0.3 is 0 Å². The quantitative estimate of drug-likeness (QED) is 0.700. The van der Waals surface area contributed by atoms with E-state index >= 15 is 0 Å². The topological polar surface area (TPSA) is 46.1 Å². The summed E-state index contributed by atoms with van der Waals surface area (Å²) >= 11 is 0. The third-order valence-corrected chi connectivity index (χ3v) is 2.44. The predicted octanol–water partition coefficient (Wildman–Crippen LogP) is 0.673. The molecule has 84 valence electrons. The van der Waals surface area contributed by atoms with Gasteiger partial charge in [0.1, 0.15) is 5.69 Å². The van der Waals surface area contributed by atoms with E-state index < -0.39 is 0 Å². The highest BCUT2D eigenvalue weighted by Gasteiger charge is 2.09. The highest BCUT2D eigenvalue weighted by molar-refractivity contribution is 5.92. The van der Waals surface area contributed by atoms with E-state index in [0.717, 1.165) is 18.8 Å². The Morgan fingerprint density at radius 2 is 2.13 bits per heavy atom. The van der Waals surface area contributed by atoms with Gasteiger partial charge in [0, 0.05) is 25.8 Å². The molecule has 0 saturated heterocycles. The van der Waals surface area contributed by atoms with Gasteiger partial charge in [-0.25, -0.2) is 0 Å². The lowest BCUT2D eigenvalue weighted by atomic mass is 10.4. The number of hydrogen-bond acceptors (Lipinski definition) is 2. The molecular weight excluding hydrogens is 190 g/mol. The minimum Gasteiger partial charge on any atom is -0.349 e. The molecule has 0 aliphatic rings. The fraction of sp³-hybridized carbons (Fsp3) is 0.545. The molecule has 1 amide bonds. The molecule has 0 radical (unpaired) electrons. The van der Waals surface area contributed by atoms with Gasteiger partial charge in [-0.3, -0.25) is 4.79 Å². The summed E-state index contributed by atoms with van der Waals surface area (Å²) in [6, 6.07) is 3.79. The highest BCUT2D eigenvalue weighted by Crippen LogP contribution is 2.04. The van der Waals surface area contributed by atoms with Crippen LogP contribution in [0.1, 0.15) is 23.1 Å². The SMILES string of the molecule is CCNCCNC(=O)c1ccc(C)n1C. The summed E-state index contributed by atoms with van der Waals surface area (Å²) in [5, 5.41) is 6.02. The second-order valence-electron chi connectivity index (χ2n) is 3.53. The molecule has 0 aliphatic carbocycles. The van der Waals surface area contributed by atoms with E-state index in [2.05, 4.69) is 10.6 Å². The summed E-state index contributed by atoms with van der Waals surface area (Å²) in [4.78, 5) is 11.7. The molecular formula is C11H19N3O. The van der Waals surface area contributed by atoms with Crippen LogP contribution < -0.4 is 10.6 Å². The number of aromatic nitrogens is 1. The van der Waals surface area contributed by atoms with Crippen molar-refractivity contribution in [1.82, 2.24) is 15.2 Å². The van der Waals surface area contributed by atoms with Gasteiger partial charge in [0.05, 0.1) is 0 Å². The smallest absolute Gasteiger partial charge is 0.267 e. The number of likely N-dealkylation sites (N-methyl/N-ethyl adjacent to an activating group) is 1. The van der Waals surface area contributed by atoms with E-state index in [1.807, 2.05) is 37.6 Å². The van der Waals surface area contributed by atoms with Crippen LogP contribution in [0.2, 0.25) is 0 Å². The minimum absolute atomic E-state index is 0.0106. The maximum atomic E-state index is 11.7. The van der Waals surface area contributed by atoms with Crippen LogP contribution in [0, 0.1) is 6.92 Å². The Balaban J connectivity index is 2.44. The molecule has 0 bridgehead atoms. The summed E-state index contributed by atoms with van der Waals surface area (Å²) in [6.07, 6.45) is 0. The highest BCUT2D eigenvalue weighted by atomic mass is 16.1. The summed E-state index contributed by atoms with van der Waals surface area (Å²) in [5.41, 5.74) is 1.80. The standard InChI is InChI=1S/C11H19N3O/c1-4-12-7-8-13-11(15)10-6-5-9(2)14(10)3/h5-6,12H,4,7-8H2,1-3H3,(H,13,15). The van der Waals surface area contributed by atoms with Gasteiger partial charge in [-0.05, 0) is 25.6 Å². The first-order valence-corrected chi connectivity index (χ1v) is 5.28. The van der Waals surface area contributed by atoms with E-state index in [1.165, 1.54) is 0 Å².